The second kappa shape index (κ2) is 2.54. The molecule has 2 unspecified atom stereocenters. The van der Waals surface area contributed by atoms with Gasteiger partial charge in [-0.15, -0.1) is 0 Å². The predicted octanol–water partition coefficient (Wildman–Crippen LogP) is 0.547. The Morgan fingerprint density at radius 2 is 2.31 bits per heavy atom. The van der Waals surface area contributed by atoms with Gasteiger partial charge in [0.25, 0.3) is 0 Å². The average molecular weight is 181 g/mol. The Hall–Kier alpha value is -0.900. The van der Waals surface area contributed by atoms with E-state index in [1.807, 2.05) is 7.05 Å². The average Bonchev–Trinajstić information content (AvgIpc) is 2.41. The van der Waals surface area contributed by atoms with Gasteiger partial charge in [0.1, 0.15) is 0 Å². The fraction of sp³-hybridized carbons (Fsp3) is 0.778. The van der Waals surface area contributed by atoms with E-state index in [0.29, 0.717) is 11.8 Å². The quantitative estimate of drug-likeness (QED) is 0.724. The summed E-state index contributed by atoms with van der Waals surface area (Å²) < 4.78 is 0. The minimum absolute atomic E-state index is 0.185. The van der Waals surface area contributed by atoms with E-state index in [1.165, 1.54) is 0 Å². The van der Waals surface area contributed by atoms with Crippen LogP contribution in [0, 0.1) is 11.3 Å². The Morgan fingerprint density at radius 1 is 1.62 bits per heavy atom. The molecule has 0 aromatic carbocycles. The van der Waals surface area contributed by atoms with Gasteiger partial charge in [-0.05, 0) is 11.3 Å². The third kappa shape index (κ3) is 1.16. The molecule has 2 rings (SSSR count). The second-order valence-corrected chi connectivity index (χ2v) is 4.35. The van der Waals surface area contributed by atoms with Crippen LogP contribution in [0.25, 0.3) is 0 Å². The molecule has 4 heteroatoms. The normalized spacial score (nSPS) is 30.5. The van der Waals surface area contributed by atoms with Crippen LogP contribution >= 0.6 is 0 Å². The smallest absolute Gasteiger partial charge is 0.0867 e. The fourth-order valence-corrected chi connectivity index (χ4v) is 2.18. The molecule has 1 heterocycles. The van der Waals surface area contributed by atoms with E-state index >= 15 is 0 Å². The summed E-state index contributed by atoms with van der Waals surface area (Å²) >= 11 is 0. The van der Waals surface area contributed by atoms with Gasteiger partial charge in [-0.2, -0.15) is 15.0 Å². The first-order valence-corrected chi connectivity index (χ1v) is 4.54. The molecule has 13 heavy (non-hydrogen) atoms. The summed E-state index contributed by atoms with van der Waals surface area (Å²) in [4.78, 5) is 1.57. The second-order valence-electron chi connectivity index (χ2n) is 4.35. The van der Waals surface area contributed by atoms with Crippen molar-refractivity contribution in [1.29, 1.82) is 0 Å². The topological polar surface area (TPSA) is 50.9 Å². The van der Waals surface area contributed by atoms with Crippen molar-refractivity contribution in [3.63, 3.8) is 0 Å². The lowest BCUT2D eigenvalue weighted by molar-refractivity contribution is 0.256. The van der Waals surface area contributed by atoms with Crippen molar-refractivity contribution in [2.24, 2.45) is 18.4 Å². The molecule has 1 aliphatic carbocycles. The van der Waals surface area contributed by atoms with Gasteiger partial charge in [-0.25, -0.2) is 0 Å². The molecule has 1 aromatic rings. The van der Waals surface area contributed by atoms with Crippen LogP contribution in [-0.4, -0.2) is 26.7 Å². The molecule has 1 fully saturated rings. The van der Waals surface area contributed by atoms with Crippen LogP contribution in [0.1, 0.15) is 25.5 Å². The highest BCUT2D eigenvalue weighted by Gasteiger charge is 2.59. The van der Waals surface area contributed by atoms with Crippen LogP contribution < -0.4 is 0 Å². The number of nitrogens with zero attached hydrogens (tertiary/aromatic N) is 3. The van der Waals surface area contributed by atoms with Crippen molar-refractivity contribution in [3.05, 3.63) is 11.9 Å². The van der Waals surface area contributed by atoms with E-state index in [-0.39, 0.29) is 12.0 Å². The maximum atomic E-state index is 9.13. The SMILES string of the molecule is Cn1ncc(C2C(CO)C2(C)C)n1. The van der Waals surface area contributed by atoms with Gasteiger partial charge >= 0.3 is 0 Å². The number of hydrogen-bond acceptors (Lipinski definition) is 3. The zero-order valence-electron chi connectivity index (χ0n) is 8.23. The molecule has 1 N–H and O–H groups in total. The highest BCUT2D eigenvalue weighted by molar-refractivity contribution is 5.23. The van der Waals surface area contributed by atoms with Gasteiger partial charge in [0.15, 0.2) is 0 Å². The number of hydrogen-bond donors (Lipinski definition) is 1. The molecular weight excluding hydrogens is 166 g/mol. The van der Waals surface area contributed by atoms with Crippen molar-refractivity contribution in [2.45, 2.75) is 19.8 Å². The number of aromatic nitrogens is 3. The Bertz CT molecular complexity index is 318. The van der Waals surface area contributed by atoms with Crippen molar-refractivity contribution < 1.29 is 5.11 Å². The zero-order valence-corrected chi connectivity index (χ0v) is 8.23. The van der Waals surface area contributed by atoms with E-state index in [0.717, 1.165) is 5.69 Å². The van der Waals surface area contributed by atoms with Crippen LogP contribution in [0.3, 0.4) is 0 Å². The van der Waals surface area contributed by atoms with Gasteiger partial charge in [0.05, 0.1) is 11.9 Å². The van der Waals surface area contributed by atoms with Crippen molar-refractivity contribution in [3.8, 4) is 0 Å². The van der Waals surface area contributed by atoms with Crippen LogP contribution in [0.5, 0.6) is 0 Å². The van der Waals surface area contributed by atoms with Gasteiger partial charge in [0.2, 0.25) is 0 Å². The minimum Gasteiger partial charge on any atom is -0.396 e. The Kier molecular flexibility index (Phi) is 1.70. The Morgan fingerprint density at radius 3 is 2.69 bits per heavy atom. The molecule has 4 nitrogen and oxygen atoms in total. The highest BCUT2D eigenvalue weighted by atomic mass is 16.3. The molecule has 1 saturated carbocycles. The Balaban J connectivity index is 2.21. The largest absolute Gasteiger partial charge is 0.396 e. The summed E-state index contributed by atoms with van der Waals surface area (Å²) in [5.74, 6) is 0.732. The summed E-state index contributed by atoms with van der Waals surface area (Å²) in [6.45, 7) is 4.56. The molecule has 72 valence electrons. The van der Waals surface area contributed by atoms with E-state index in [4.69, 9.17) is 5.11 Å². The van der Waals surface area contributed by atoms with E-state index in [1.54, 1.807) is 11.0 Å². The lowest BCUT2D eigenvalue weighted by Gasteiger charge is -1.97. The Labute approximate surface area is 77.6 Å². The molecule has 2 atom stereocenters. The summed E-state index contributed by atoms with van der Waals surface area (Å²) in [7, 11) is 1.81. The van der Waals surface area contributed by atoms with E-state index in [2.05, 4.69) is 24.0 Å². The van der Waals surface area contributed by atoms with Crippen molar-refractivity contribution in [1.82, 2.24) is 15.0 Å². The molecular formula is C9H15N3O. The van der Waals surface area contributed by atoms with Crippen LogP contribution in [0.2, 0.25) is 0 Å². The first-order valence-electron chi connectivity index (χ1n) is 4.54. The maximum absolute atomic E-state index is 9.13. The standard InChI is InChI=1S/C9H15N3O/c1-9(2)6(5-13)8(9)7-4-10-12(3)11-7/h4,6,8,13H,5H2,1-3H3. The van der Waals surface area contributed by atoms with Gasteiger partial charge in [-0.1, -0.05) is 13.8 Å². The molecule has 1 aliphatic rings. The molecule has 0 radical (unpaired) electrons. The highest BCUT2D eigenvalue weighted by Crippen LogP contribution is 2.63. The van der Waals surface area contributed by atoms with Gasteiger partial charge < -0.3 is 5.11 Å². The van der Waals surface area contributed by atoms with E-state index in [9.17, 15) is 0 Å². The van der Waals surface area contributed by atoms with Gasteiger partial charge in [-0.3, -0.25) is 0 Å². The molecule has 0 spiro atoms. The van der Waals surface area contributed by atoms with Crippen LogP contribution in [-0.2, 0) is 7.05 Å². The van der Waals surface area contributed by atoms with Crippen LogP contribution in [0.15, 0.2) is 6.20 Å². The van der Waals surface area contributed by atoms with Crippen molar-refractivity contribution in [2.75, 3.05) is 6.61 Å². The fourth-order valence-electron chi connectivity index (χ4n) is 2.18. The zero-order chi connectivity index (χ0) is 9.64. The monoisotopic (exact) mass is 181 g/mol. The number of rotatable bonds is 2. The molecule has 0 aliphatic heterocycles. The number of aliphatic hydroxyl groups excluding tert-OH is 1. The van der Waals surface area contributed by atoms with E-state index < -0.39 is 0 Å². The van der Waals surface area contributed by atoms with Gasteiger partial charge in [0, 0.05) is 19.6 Å². The summed E-state index contributed by atoms with van der Waals surface area (Å²) in [6.07, 6.45) is 1.79. The third-order valence-electron chi connectivity index (χ3n) is 3.18. The maximum Gasteiger partial charge on any atom is 0.0867 e. The summed E-state index contributed by atoms with van der Waals surface area (Å²) in [6, 6.07) is 0. The molecule has 0 amide bonds. The lowest BCUT2D eigenvalue weighted by atomic mass is 10.1. The predicted molar refractivity (Wildman–Crippen MR) is 48.1 cm³/mol. The first kappa shape index (κ1) is 8.69. The third-order valence-corrected chi connectivity index (χ3v) is 3.18. The molecule has 0 bridgehead atoms. The number of aliphatic hydroxyl groups is 1. The summed E-state index contributed by atoms with van der Waals surface area (Å²) in [5, 5.41) is 17.4. The number of aryl methyl sites for hydroxylation is 1. The van der Waals surface area contributed by atoms with Crippen LogP contribution in [0.4, 0.5) is 0 Å². The molecule has 1 aromatic heterocycles. The lowest BCUT2D eigenvalue weighted by Crippen LogP contribution is -1.94. The minimum atomic E-state index is 0.185. The van der Waals surface area contributed by atoms with Crippen molar-refractivity contribution >= 4 is 0 Å². The first-order chi connectivity index (χ1) is 6.07. The molecule has 0 saturated heterocycles. The summed E-state index contributed by atoms with van der Waals surface area (Å²) in [5.41, 5.74) is 1.19.